The summed E-state index contributed by atoms with van der Waals surface area (Å²) in [7, 11) is 2.03. The molecule has 22 heavy (non-hydrogen) atoms. The highest BCUT2D eigenvalue weighted by Gasteiger charge is 2.27. The van der Waals surface area contributed by atoms with Crippen LogP contribution in [0.2, 0.25) is 0 Å². The molecule has 1 aromatic rings. The van der Waals surface area contributed by atoms with E-state index in [1.807, 2.05) is 7.05 Å². The highest BCUT2D eigenvalue weighted by molar-refractivity contribution is 14.0. The average Bonchev–Trinajstić information content (AvgIpc) is 3.35. The van der Waals surface area contributed by atoms with Crippen LogP contribution in [-0.4, -0.2) is 41.9 Å². The smallest absolute Gasteiger partial charge is 0.191 e. The molecule has 0 unspecified atom stereocenters. The molecule has 0 amide bonds. The lowest BCUT2D eigenvalue weighted by Crippen LogP contribution is -2.35. The number of nitrogens with two attached hydrogens (primary N) is 1. The van der Waals surface area contributed by atoms with Gasteiger partial charge in [0.15, 0.2) is 5.96 Å². The molecule has 2 N–H and O–H groups in total. The van der Waals surface area contributed by atoms with E-state index in [-0.39, 0.29) is 24.0 Å². The van der Waals surface area contributed by atoms with E-state index in [1.54, 1.807) is 0 Å². The molecule has 1 aliphatic carbocycles. The van der Waals surface area contributed by atoms with Crippen LogP contribution in [-0.2, 0) is 13.1 Å². The summed E-state index contributed by atoms with van der Waals surface area (Å²) in [5.41, 5.74) is 8.58. The van der Waals surface area contributed by atoms with Gasteiger partial charge in [-0.2, -0.15) is 0 Å². The van der Waals surface area contributed by atoms with Gasteiger partial charge in [-0.05, 0) is 37.1 Å². The number of benzene rings is 1. The van der Waals surface area contributed by atoms with Crippen molar-refractivity contribution in [3.63, 3.8) is 0 Å². The van der Waals surface area contributed by atoms with Crippen molar-refractivity contribution >= 4 is 29.9 Å². The van der Waals surface area contributed by atoms with Crippen LogP contribution in [0.4, 0.5) is 0 Å². The molecule has 4 nitrogen and oxygen atoms in total. The van der Waals surface area contributed by atoms with Crippen molar-refractivity contribution < 1.29 is 0 Å². The normalized spacial score (nSPS) is 14.8. The van der Waals surface area contributed by atoms with Gasteiger partial charge in [-0.3, -0.25) is 4.90 Å². The van der Waals surface area contributed by atoms with Crippen LogP contribution >= 0.6 is 24.0 Å². The Balaban J connectivity index is 0.00000242. The van der Waals surface area contributed by atoms with Gasteiger partial charge in [0.2, 0.25) is 0 Å². The van der Waals surface area contributed by atoms with Crippen LogP contribution in [0, 0.1) is 0 Å². The fraction of sp³-hybridized carbons (Fsp3) is 0.588. The van der Waals surface area contributed by atoms with Gasteiger partial charge < -0.3 is 10.6 Å². The van der Waals surface area contributed by atoms with Crippen molar-refractivity contribution in [2.24, 2.45) is 10.7 Å². The first-order valence-corrected chi connectivity index (χ1v) is 7.97. The Kier molecular flexibility index (Phi) is 8.17. The second-order valence-electron chi connectivity index (χ2n) is 5.79. The van der Waals surface area contributed by atoms with Crippen LogP contribution in [0.25, 0.3) is 0 Å². The lowest BCUT2D eigenvalue weighted by molar-refractivity contribution is 0.296. The molecule has 1 aliphatic rings. The molecule has 0 aromatic heterocycles. The number of aliphatic imine (C=N–C) groups is 1. The summed E-state index contributed by atoms with van der Waals surface area (Å²) < 4.78 is 0. The monoisotopic (exact) mass is 416 g/mol. The molecule has 1 saturated carbocycles. The van der Waals surface area contributed by atoms with E-state index in [2.05, 4.69) is 52.9 Å². The van der Waals surface area contributed by atoms with Gasteiger partial charge in [0.25, 0.3) is 0 Å². The van der Waals surface area contributed by atoms with E-state index in [0.29, 0.717) is 18.5 Å². The van der Waals surface area contributed by atoms with Gasteiger partial charge in [-0.25, -0.2) is 4.99 Å². The van der Waals surface area contributed by atoms with E-state index in [1.165, 1.54) is 24.0 Å². The van der Waals surface area contributed by atoms with Crippen molar-refractivity contribution in [3.05, 3.63) is 35.4 Å². The summed E-state index contributed by atoms with van der Waals surface area (Å²) in [5.74, 6) is 0.657. The third-order valence-corrected chi connectivity index (χ3v) is 4.20. The Morgan fingerprint density at radius 3 is 2.18 bits per heavy atom. The molecule has 5 heteroatoms. The number of halogens is 1. The van der Waals surface area contributed by atoms with Gasteiger partial charge in [0, 0.05) is 19.6 Å². The van der Waals surface area contributed by atoms with E-state index in [0.717, 1.165) is 19.6 Å². The minimum atomic E-state index is 0. The number of hydrogen-bond acceptors (Lipinski definition) is 2. The predicted molar refractivity (Wildman–Crippen MR) is 105 cm³/mol. The largest absolute Gasteiger partial charge is 0.370 e. The van der Waals surface area contributed by atoms with Gasteiger partial charge >= 0.3 is 0 Å². The molecule has 1 aromatic carbocycles. The third-order valence-electron chi connectivity index (χ3n) is 4.20. The molecule has 1 fully saturated rings. The van der Waals surface area contributed by atoms with Crippen LogP contribution < -0.4 is 5.73 Å². The number of guanidine groups is 1. The maximum absolute atomic E-state index is 6.01. The van der Waals surface area contributed by atoms with Gasteiger partial charge in [0.1, 0.15) is 0 Å². The van der Waals surface area contributed by atoms with Gasteiger partial charge in [-0.1, -0.05) is 38.1 Å². The van der Waals surface area contributed by atoms with E-state index in [4.69, 9.17) is 5.73 Å². The van der Waals surface area contributed by atoms with Crippen molar-refractivity contribution in [2.45, 2.75) is 45.8 Å². The molecule has 124 valence electrons. The van der Waals surface area contributed by atoms with Crippen LogP contribution in [0.5, 0.6) is 0 Å². The van der Waals surface area contributed by atoms with E-state index in [9.17, 15) is 0 Å². The summed E-state index contributed by atoms with van der Waals surface area (Å²) in [4.78, 5) is 8.99. The highest BCUT2D eigenvalue weighted by Crippen LogP contribution is 2.24. The molecule has 0 heterocycles. The lowest BCUT2D eigenvalue weighted by Gasteiger charge is -2.18. The molecule has 0 spiro atoms. The fourth-order valence-corrected chi connectivity index (χ4v) is 2.39. The zero-order chi connectivity index (χ0) is 15.2. The lowest BCUT2D eigenvalue weighted by atomic mass is 10.1. The Labute approximate surface area is 151 Å². The van der Waals surface area contributed by atoms with Crippen molar-refractivity contribution in [3.8, 4) is 0 Å². The summed E-state index contributed by atoms with van der Waals surface area (Å²) in [6, 6.07) is 9.33. The molecule has 0 radical (unpaired) electrons. The second-order valence-corrected chi connectivity index (χ2v) is 5.79. The van der Waals surface area contributed by atoms with E-state index < -0.39 is 0 Å². The van der Waals surface area contributed by atoms with Crippen molar-refractivity contribution in [2.75, 3.05) is 20.1 Å². The van der Waals surface area contributed by atoms with Crippen LogP contribution in [0.15, 0.2) is 29.3 Å². The minimum absolute atomic E-state index is 0. The maximum atomic E-state index is 6.01. The Bertz CT molecular complexity index is 464. The van der Waals surface area contributed by atoms with Crippen LogP contribution in [0.3, 0.4) is 0 Å². The number of rotatable bonds is 7. The zero-order valence-electron chi connectivity index (χ0n) is 14.0. The molecular formula is C17H29IN4. The fourth-order valence-electron chi connectivity index (χ4n) is 2.39. The van der Waals surface area contributed by atoms with E-state index >= 15 is 0 Å². The van der Waals surface area contributed by atoms with Crippen molar-refractivity contribution in [1.82, 2.24) is 9.80 Å². The first kappa shape index (κ1) is 19.2. The molecule has 0 saturated heterocycles. The Hall–Kier alpha value is -0.820. The van der Waals surface area contributed by atoms with Gasteiger partial charge in [-0.15, -0.1) is 24.0 Å². The first-order chi connectivity index (χ1) is 10.1. The number of hydrogen-bond donors (Lipinski definition) is 1. The first-order valence-electron chi connectivity index (χ1n) is 7.97. The summed E-state index contributed by atoms with van der Waals surface area (Å²) in [6.07, 6.45) is 2.49. The predicted octanol–water partition coefficient (Wildman–Crippen LogP) is 3.06. The zero-order valence-corrected chi connectivity index (χ0v) is 16.3. The topological polar surface area (TPSA) is 44.9 Å². The molecule has 0 atom stereocenters. The van der Waals surface area contributed by atoms with Gasteiger partial charge in [0.05, 0.1) is 6.54 Å². The molecular weight excluding hydrogens is 387 g/mol. The minimum Gasteiger partial charge on any atom is -0.370 e. The average molecular weight is 416 g/mol. The van der Waals surface area contributed by atoms with Crippen molar-refractivity contribution in [1.29, 1.82) is 0 Å². The third kappa shape index (κ3) is 5.76. The maximum Gasteiger partial charge on any atom is 0.191 e. The quantitative estimate of drug-likeness (QED) is 0.422. The Morgan fingerprint density at radius 1 is 1.14 bits per heavy atom. The molecule has 0 aliphatic heterocycles. The molecule has 2 rings (SSSR count). The summed E-state index contributed by atoms with van der Waals surface area (Å²) in [6.45, 7) is 8.26. The highest BCUT2D eigenvalue weighted by atomic mass is 127. The standard InChI is InChI=1S/C17H28N4.HI/c1-4-21(5-2)13-15-8-6-14(7-9-15)12-19-17(18)20(3)16-10-11-16;/h6-9,16H,4-5,10-13H2,1-3H3,(H2,18,19);1H. The SMILES string of the molecule is CCN(CC)Cc1ccc(CN=C(N)N(C)C2CC2)cc1.I. The summed E-state index contributed by atoms with van der Waals surface area (Å²) >= 11 is 0. The van der Waals surface area contributed by atoms with Crippen LogP contribution in [0.1, 0.15) is 37.8 Å². The summed E-state index contributed by atoms with van der Waals surface area (Å²) in [5, 5.41) is 0. The number of nitrogens with zero attached hydrogens (tertiary/aromatic N) is 3. The molecule has 0 bridgehead atoms. The second kappa shape index (κ2) is 9.35. The Morgan fingerprint density at radius 2 is 1.68 bits per heavy atom.